The number of anilines is 9. The third-order valence-electron chi connectivity index (χ3n) is 24.2. The summed E-state index contributed by atoms with van der Waals surface area (Å²) in [6.07, 6.45) is 0.758. The Balaban J connectivity index is 1.07. The van der Waals surface area contributed by atoms with E-state index in [9.17, 15) is 11.0 Å². The zero-order valence-corrected chi connectivity index (χ0v) is 69.2. The van der Waals surface area contributed by atoms with Crippen molar-refractivity contribution in [2.45, 2.75) is 169 Å². The van der Waals surface area contributed by atoms with Gasteiger partial charge in [-0.25, -0.2) is 0 Å². The normalized spacial score (nSPS) is 14.7. The summed E-state index contributed by atoms with van der Waals surface area (Å²) in [5.74, 6) is -0.309. The molecule has 0 saturated heterocycles. The minimum atomic E-state index is -0.504. The number of hydrogen-bond acceptors (Lipinski definition) is 3. The summed E-state index contributed by atoms with van der Waals surface area (Å²) in [4.78, 5) is 7.57. The summed E-state index contributed by atoms with van der Waals surface area (Å²) in [6, 6.07) is 89.9. The molecule has 566 valence electrons. The maximum Gasteiger partial charge on any atom is 0.0948 e. The molecule has 0 bridgehead atoms. The van der Waals surface area contributed by atoms with Crippen LogP contribution in [-0.2, 0) is 38.9 Å². The van der Waals surface area contributed by atoms with Crippen LogP contribution < -0.4 is 14.7 Å². The van der Waals surface area contributed by atoms with E-state index >= 15 is 0 Å². The van der Waals surface area contributed by atoms with Gasteiger partial charge in [-0.05, 0) is 188 Å². The fraction of sp³-hybridized carbons (Fsp3) is 0.236. The molecule has 0 atom stereocenters. The van der Waals surface area contributed by atoms with Crippen molar-refractivity contribution in [1.82, 2.24) is 4.57 Å². The van der Waals surface area contributed by atoms with Gasteiger partial charge >= 0.3 is 0 Å². The lowest BCUT2D eigenvalue weighted by atomic mass is 9.74. The second-order valence-corrected chi connectivity index (χ2v) is 38.1. The van der Waals surface area contributed by atoms with Gasteiger partial charge in [0.1, 0.15) is 0 Å². The molecule has 0 saturated carbocycles. The largest absolute Gasteiger partial charge is 0.309 e. The molecule has 0 N–H and O–H groups in total. The summed E-state index contributed by atoms with van der Waals surface area (Å²) in [7, 11) is 0. The van der Waals surface area contributed by atoms with Crippen LogP contribution in [-0.4, -0.2) is 4.57 Å². The van der Waals surface area contributed by atoms with Gasteiger partial charge in [0.15, 0.2) is 0 Å². The number of fused-ring (bicyclic) bond motifs is 9. The van der Waals surface area contributed by atoms with E-state index in [1.165, 1.54) is 55.6 Å². The zero-order chi connectivity index (χ0) is 86.4. The van der Waals surface area contributed by atoms with E-state index in [1.54, 1.807) is 4.57 Å². The molecule has 0 unspecified atom stereocenters. The predicted molar refractivity (Wildman–Crippen MR) is 488 cm³/mol. The highest BCUT2D eigenvalue weighted by molar-refractivity contribution is 6.18. The molecule has 4 nitrogen and oxygen atoms in total. The lowest BCUT2D eigenvalue weighted by Crippen LogP contribution is -2.32. The van der Waals surface area contributed by atoms with Gasteiger partial charge < -0.3 is 19.3 Å². The van der Waals surface area contributed by atoms with Crippen molar-refractivity contribution in [3.63, 3.8) is 0 Å². The van der Waals surface area contributed by atoms with Crippen LogP contribution in [0.15, 0.2) is 297 Å². The van der Waals surface area contributed by atoms with Crippen LogP contribution in [0, 0.1) is 0 Å². The van der Waals surface area contributed by atoms with E-state index in [2.05, 4.69) is 382 Å². The zero-order valence-electron chi connectivity index (χ0n) is 77.2. The fourth-order valence-electron chi connectivity index (χ4n) is 17.7. The van der Waals surface area contributed by atoms with E-state index in [4.69, 9.17) is 0 Å². The molecule has 0 fully saturated rings. The van der Waals surface area contributed by atoms with Crippen molar-refractivity contribution in [2.24, 2.45) is 0 Å². The maximum atomic E-state index is 10.0. The second kappa shape index (κ2) is 27.0. The van der Waals surface area contributed by atoms with Gasteiger partial charge in [0.05, 0.1) is 73.2 Å². The fourth-order valence-corrected chi connectivity index (χ4v) is 17.7. The van der Waals surface area contributed by atoms with E-state index < -0.39 is 36.3 Å². The first-order valence-corrected chi connectivity index (χ1v) is 40.5. The van der Waals surface area contributed by atoms with Crippen molar-refractivity contribution >= 4 is 73.0 Å². The smallest absolute Gasteiger partial charge is 0.0948 e. The summed E-state index contributed by atoms with van der Waals surface area (Å²) in [5.41, 5.74) is 30.6. The molecule has 15 aromatic rings. The molecule has 3 heterocycles. The van der Waals surface area contributed by atoms with Gasteiger partial charge in [0.2, 0.25) is 0 Å². The molecular formula is C110H106N4. The maximum absolute atomic E-state index is 10.0. The van der Waals surface area contributed by atoms with Crippen LogP contribution in [0.4, 0.5) is 51.2 Å². The number of nitrogens with zero attached hydrogens (tertiary/aromatic N) is 4. The SMILES string of the molecule is [2H]c1c([2H])c([2H])c2c(c1[2H])c1c([2H])c([2H])c([2H])c([2H])c1n2-c1ccc2c(c1)N(c1c(-c3ccc(C(C)(C)C)cc3)cccc1-c1ccc(C(C)(C)C)cc1)c1cc(C3c4ccccc4Cc4ccccc43)cc3c1N2c1cc(-c2cc(C(C)(C)C)cc(C(C)(C)C)c2)ccc1N3c1c(-c2ccc(C(C)(C)C)cc2)cccc1-c1ccc(C(C)(C)C)cc1. The third-order valence-corrected chi connectivity index (χ3v) is 24.2. The number of hydrogen-bond donors (Lipinski definition) is 0. The monoisotopic (exact) mass is 1490 g/mol. The lowest BCUT2D eigenvalue weighted by molar-refractivity contribution is 0.569. The summed E-state index contributed by atoms with van der Waals surface area (Å²) in [6.45, 7) is 40.9. The molecule has 2 aliphatic heterocycles. The van der Waals surface area contributed by atoms with Crippen LogP contribution in [0.2, 0.25) is 0 Å². The quantitative estimate of drug-likeness (QED) is 0.143. The summed E-state index contributed by atoms with van der Waals surface area (Å²) in [5, 5.41) is 0.00548. The van der Waals surface area contributed by atoms with Crippen molar-refractivity contribution in [1.29, 1.82) is 0 Å². The Hall–Kier alpha value is -11.7. The van der Waals surface area contributed by atoms with E-state index in [1.807, 2.05) is 6.07 Å². The Morgan fingerprint density at radius 3 is 1.01 bits per heavy atom. The second-order valence-electron chi connectivity index (χ2n) is 38.1. The van der Waals surface area contributed by atoms with Crippen molar-refractivity contribution in [3.05, 3.63) is 358 Å². The predicted octanol–water partition coefficient (Wildman–Crippen LogP) is 31.0. The van der Waals surface area contributed by atoms with E-state index in [0.717, 1.165) is 113 Å². The van der Waals surface area contributed by atoms with Gasteiger partial charge in [-0.2, -0.15) is 0 Å². The summed E-state index contributed by atoms with van der Waals surface area (Å²) >= 11 is 0. The van der Waals surface area contributed by atoms with Gasteiger partial charge in [-0.1, -0.05) is 367 Å². The molecule has 0 spiro atoms. The average molecular weight is 1490 g/mol. The minimum Gasteiger partial charge on any atom is -0.309 e. The molecule has 4 heteroatoms. The topological polar surface area (TPSA) is 14.7 Å². The number of rotatable bonds is 9. The molecule has 1 aromatic heterocycles. The van der Waals surface area contributed by atoms with Crippen LogP contribution >= 0.6 is 0 Å². The Kier molecular flexibility index (Phi) is 15.3. The highest BCUT2D eigenvalue weighted by atomic mass is 15.3. The summed E-state index contributed by atoms with van der Waals surface area (Å²) < 4.78 is 78.6. The first-order chi connectivity index (χ1) is 57.6. The van der Waals surface area contributed by atoms with Crippen molar-refractivity contribution in [2.75, 3.05) is 14.7 Å². The number of aromatic nitrogens is 1. The molecule has 14 aromatic carbocycles. The molecule has 3 aliphatic rings. The standard InChI is InChI=1S/C110H106N4/c1-105(2,3)78-50-41-69(42-51-78)87-35-27-36-88(70-43-52-79(53-44-70)106(4,5)6)102(87)113-95-59-49-73(76-62-82(109(13,14)15)67-83(63-76)110(16,17)18)64-97(95)112-96-60-58-84(111-93-39-25-23-33-91(93)92-34-24-26-40-94(92)111)68-98(96)114(100-66-77(65-99(113)104(100)112)101-85-31-21-19-29-74(85)61-75-30-20-22-32-86(75)101)103-89(71-45-54-80(55-46-71)107(7,8)9)37-28-38-90(103)72-47-56-81(57-48-72)108(10,11)12/h19-60,62-68,101H,61H2,1-18H3/i23D,24D,25D,26D,33D,34D,39D,40D. The van der Waals surface area contributed by atoms with Crippen LogP contribution in [0.5, 0.6) is 0 Å². The third kappa shape index (κ3) is 12.8. The first kappa shape index (κ1) is 64.8. The van der Waals surface area contributed by atoms with Gasteiger partial charge in [-0.15, -0.1) is 0 Å². The van der Waals surface area contributed by atoms with Gasteiger partial charge in [-0.3, -0.25) is 0 Å². The molecule has 18 rings (SSSR count). The lowest BCUT2D eigenvalue weighted by Gasteiger charge is -2.49. The molecular weight excluding hydrogens is 1380 g/mol. The van der Waals surface area contributed by atoms with Crippen molar-refractivity contribution < 1.29 is 11.0 Å². The van der Waals surface area contributed by atoms with Crippen LogP contribution in [0.1, 0.15) is 203 Å². The average Bonchev–Trinajstić information content (AvgIpc) is 0.913. The number of benzene rings is 14. The number of para-hydroxylation sites is 4. The van der Waals surface area contributed by atoms with E-state index in [0.29, 0.717) is 11.4 Å². The highest BCUT2D eigenvalue weighted by Gasteiger charge is 2.44. The Morgan fingerprint density at radius 1 is 0.272 bits per heavy atom. The van der Waals surface area contributed by atoms with Crippen LogP contribution in [0.25, 0.3) is 83.1 Å². The minimum absolute atomic E-state index is 0.00274. The molecule has 0 amide bonds. The van der Waals surface area contributed by atoms with Gasteiger partial charge in [0, 0.05) is 44.6 Å². The van der Waals surface area contributed by atoms with Crippen molar-refractivity contribution in [3.8, 4) is 61.3 Å². The van der Waals surface area contributed by atoms with E-state index in [-0.39, 0.29) is 72.3 Å². The van der Waals surface area contributed by atoms with Crippen LogP contribution in [0.3, 0.4) is 0 Å². The Morgan fingerprint density at radius 2 is 0.614 bits per heavy atom. The molecule has 1 aliphatic carbocycles. The molecule has 114 heavy (non-hydrogen) atoms. The Labute approximate surface area is 688 Å². The molecule has 0 radical (unpaired) electrons. The highest BCUT2D eigenvalue weighted by Crippen LogP contribution is 2.68. The Bertz CT molecular complexity index is 6500. The first-order valence-electron chi connectivity index (χ1n) is 44.5. The van der Waals surface area contributed by atoms with Gasteiger partial charge in [0.25, 0.3) is 0 Å².